The van der Waals surface area contributed by atoms with Crippen LogP contribution in [0.15, 0.2) is 42.5 Å². The van der Waals surface area contributed by atoms with Crippen LogP contribution in [0, 0.1) is 6.92 Å². The van der Waals surface area contributed by atoms with Crippen LogP contribution in [-0.2, 0) is 16.3 Å². The molecule has 0 atom stereocenters. The van der Waals surface area contributed by atoms with E-state index in [2.05, 4.69) is 49.4 Å². The van der Waals surface area contributed by atoms with E-state index in [1.165, 1.54) is 21.4 Å². The first-order valence-electron chi connectivity index (χ1n) is 10.5. The number of benzene rings is 2. The SMILES string of the molecule is Cc1ccc2nc(-c3ccc(CCCCCCCS(=O)(=O)C(C)C)cc3)sc2c1. The number of rotatable bonds is 10. The fraction of sp³-hybridized carbons (Fsp3) is 0.458. The molecule has 0 N–H and O–H groups in total. The Morgan fingerprint density at radius 3 is 2.34 bits per heavy atom. The number of thiazole rings is 1. The van der Waals surface area contributed by atoms with Gasteiger partial charge in [0.05, 0.1) is 21.2 Å². The van der Waals surface area contributed by atoms with Crippen molar-refractivity contribution in [1.82, 2.24) is 4.98 Å². The third-order valence-electron chi connectivity index (χ3n) is 5.36. The number of sulfone groups is 1. The molecule has 156 valence electrons. The van der Waals surface area contributed by atoms with Crippen LogP contribution >= 0.6 is 11.3 Å². The van der Waals surface area contributed by atoms with Crippen LogP contribution in [0.25, 0.3) is 20.8 Å². The summed E-state index contributed by atoms with van der Waals surface area (Å²) in [6.07, 6.45) is 6.27. The second kappa shape index (κ2) is 9.86. The second-order valence-electron chi connectivity index (χ2n) is 8.12. The van der Waals surface area contributed by atoms with E-state index in [-0.39, 0.29) is 5.25 Å². The van der Waals surface area contributed by atoms with Crippen LogP contribution in [0.3, 0.4) is 0 Å². The number of aromatic nitrogens is 1. The lowest BCUT2D eigenvalue weighted by molar-refractivity contribution is 0.577. The summed E-state index contributed by atoms with van der Waals surface area (Å²) in [4.78, 5) is 4.76. The van der Waals surface area contributed by atoms with Crippen molar-refractivity contribution in [2.45, 2.75) is 64.5 Å². The van der Waals surface area contributed by atoms with E-state index in [4.69, 9.17) is 4.98 Å². The number of hydrogen-bond donors (Lipinski definition) is 0. The van der Waals surface area contributed by atoms with E-state index in [0.29, 0.717) is 5.75 Å². The standard InChI is InChI=1S/C24H31NO2S2/c1-18(2)29(26,27)16-8-6-4-5-7-9-20-11-13-21(14-12-20)24-25-22-15-10-19(3)17-23(22)28-24/h10-15,17-18H,4-9,16H2,1-3H3. The predicted octanol–water partition coefficient (Wildman–Crippen LogP) is 6.59. The highest BCUT2D eigenvalue weighted by Crippen LogP contribution is 2.31. The quantitative estimate of drug-likeness (QED) is 0.342. The molecule has 0 bridgehead atoms. The van der Waals surface area contributed by atoms with Gasteiger partial charge in [-0.3, -0.25) is 0 Å². The maximum absolute atomic E-state index is 11.8. The van der Waals surface area contributed by atoms with Gasteiger partial charge < -0.3 is 0 Å². The number of fused-ring (bicyclic) bond motifs is 1. The van der Waals surface area contributed by atoms with E-state index in [9.17, 15) is 8.42 Å². The van der Waals surface area contributed by atoms with Crippen molar-refractivity contribution in [2.75, 3.05) is 5.75 Å². The monoisotopic (exact) mass is 429 g/mol. The highest BCUT2D eigenvalue weighted by Gasteiger charge is 2.14. The summed E-state index contributed by atoms with van der Waals surface area (Å²) in [6.45, 7) is 5.64. The summed E-state index contributed by atoms with van der Waals surface area (Å²) in [5.41, 5.74) is 4.87. The summed E-state index contributed by atoms with van der Waals surface area (Å²) in [7, 11) is -2.88. The molecule has 0 spiro atoms. The maximum Gasteiger partial charge on any atom is 0.152 e. The van der Waals surface area contributed by atoms with E-state index < -0.39 is 9.84 Å². The Bertz CT molecular complexity index is 1030. The Kier molecular flexibility index (Phi) is 7.47. The molecule has 3 rings (SSSR count). The molecule has 0 amide bonds. The van der Waals surface area contributed by atoms with Gasteiger partial charge in [0.25, 0.3) is 0 Å². The van der Waals surface area contributed by atoms with Gasteiger partial charge in [-0.25, -0.2) is 13.4 Å². The minimum Gasteiger partial charge on any atom is -0.236 e. The van der Waals surface area contributed by atoms with Gasteiger partial charge in [-0.1, -0.05) is 49.6 Å². The molecule has 29 heavy (non-hydrogen) atoms. The zero-order chi connectivity index (χ0) is 20.9. The highest BCUT2D eigenvalue weighted by molar-refractivity contribution is 7.91. The molecule has 3 aromatic rings. The molecule has 0 fully saturated rings. The fourth-order valence-electron chi connectivity index (χ4n) is 3.37. The van der Waals surface area contributed by atoms with Crippen molar-refractivity contribution in [3.05, 3.63) is 53.6 Å². The van der Waals surface area contributed by atoms with E-state index in [1.807, 2.05) is 0 Å². The van der Waals surface area contributed by atoms with Crippen molar-refractivity contribution < 1.29 is 8.42 Å². The number of hydrogen-bond acceptors (Lipinski definition) is 4. The Morgan fingerprint density at radius 2 is 1.62 bits per heavy atom. The van der Waals surface area contributed by atoms with E-state index in [1.54, 1.807) is 25.2 Å². The van der Waals surface area contributed by atoms with Gasteiger partial charge >= 0.3 is 0 Å². The van der Waals surface area contributed by atoms with Crippen LogP contribution in [0.1, 0.15) is 57.1 Å². The first kappa shape index (κ1) is 22.0. The van der Waals surface area contributed by atoms with E-state index >= 15 is 0 Å². The first-order valence-corrected chi connectivity index (χ1v) is 13.1. The lowest BCUT2D eigenvalue weighted by atomic mass is 10.0. The summed E-state index contributed by atoms with van der Waals surface area (Å²) in [5, 5.41) is 0.825. The number of aryl methyl sites for hydroxylation is 2. The Hall–Kier alpha value is -1.72. The van der Waals surface area contributed by atoms with Gasteiger partial charge in [0, 0.05) is 5.56 Å². The Balaban J connectivity index is 1.42. The van der Waals surface area contributed by atoms with Gasteiger partial charge in [0.1, 0.15) is 5.01 Å². The number of unbranched alkanes of at least 4 members (excludes halogenated alkanes) is 4. The zero-order valence-electron chi connectivity index (χ0n) is 17.6. The molecule has 5 heteroatoms. The van der Waals surface area contributed by atoms with Crippen LogP contribution in [0.4, 0.5) is 0 Å². The van der Waals surface area contributed by atoms with Crippen molar-refractivity contribution in [2.24, 2.45) is 0 Å². The van der Waals surface area contributed by atoms with Crippen molar-refractivity contribution in [1.29, 1.82) is 0 Å². The molecular formula is C24H31NO2S2. The second-order valence-corrected chi connectivity index (χ2v) is 11.8. The topological polar surface area (TPSA) is 47.0 Å². The summed E-state index contributed by atoms with van der Waals surface area (Å²) in [5.74, 6) is 0.331. The lowest BCUT2D eigenvalue weighted by Gasteiger charge is -2.07. The fourth-order valence-corrected chi connectivity index (χ4v) is 5.51. The van der Waals surface area contributed by atoms with Gasteiger partial charge in [0.2, 0.25) is 0 Å². The molecule has 0 aliphatic carbocycles. The largest absolute Gasteiger partial charge is 0.236 e. The molecule has 0 aliphatic rings. The third-order valence-corrected chi connectivity index (χ3v) is 8.72. The lowest BCUT2D eigenvalue weighted by Crippen LogP contribution is -2.17. The molecule has 0 saturated heterocycles. The normalized spacial score (nSPS) is 12.1. The molecule has 0 saturated carbocycles. The summed E-state index contributed by atoms with van der Waals surface area (Å²) >= 11 is 1.75. The van der Waals surface area contributed by atoms with E-state index in [0.717, 1.165) is 49.0 Å². The first-order chi connectivity index (χ1) is 13.8. The molecule has 0 unspecified atom stereocenters. The molecule has 0 radical (unpaired) electrons. The van der Waals surface area contributed by atoms with Crippen LogP contribution in [0.2, 0.25) is 0 Å². The average molecular weight is 430 g/mol. The molecule has 1 aromatic heterocycles. The van der Waals surface area contributed by atoms with Crippen LogP contribution in [-0.4, -0.2) is 24.4 Å². The van der Waals surface area contributed by atoms with Crippen molar-refractivity contribution >= 4 is 31.4 Å². The molecule has 0 aliphatic heterocycles. The van der Waals surface area contributed by atoms with Crippen molar-refractivity contribution in [3.63, 3.8) is 0 Å². The minimum absolute atomic E-state index is 0.252. The predicted molar refractivity (Wildman–Crippen MR) is 126 cm³/mol. The van der Waals surface area contributed by atoms with Gasteiger partial charge in [0.15, 0.2) is 9.84 Å². The van der Waals surface area contributed by atoms with Gasteiger partial charge in [-0.05, 0) is 63.3 Å². The van der Waals surface area contributed by atoms with Crippen molar-refractivity contribution in [3.8, 4) is 10.6 Å². The van der Waals surface area contributed by atoms with Gasteiger partial charge in [-0.2, -0.15) is 0 Å². The maximum atomic E-state index is 11.8. The van der Waals surface area contributed by atoms with Gasteiger partial charge in [-0.15, -0.1) is 11.3 Å². The molecule has 3 nitrogen and oxygen atoms in total. The third kappa shape index (κ3) is 6.13. The smallest absolute Gasteiger partial charge is 0.152 e. The zero-order valence-corrected chi connectivity index (χ0v) is 19.3. The van der Waals surface area contributed by atoms with Crippen LogP contribution in [0.5, 0.6) is 0 Å². The highest BCUT2D eigenvalue weighted by atomic mass is 32.2. The van der Waals surface area contributed by atoms with Crippen LogP contribution < -0.4 is 0 Å². The average Bonchev–Trinajstić information content (AvgIpc) is 3.10. The Labute approximate surface area is 179 Å². The minimum atomic E-state index is -2.88. The molecule has 1 heterocycles. The summed E-state index contributed by atoms with van der Waals surface area (Å²) in [6, 6.07) is 15.2. The Morgan fingerprint density at radius 1 is 0.931 bits per heavy atom. The molecular weight excluding hydrogens is 398 g/mol. The number of nitrogens with zero attached hydrogens (tertiary/aromatic N) is 1. The summed E-state index contributed by atoms with van der Waals surface area (Å²) < 4.78 is 24.8. The molecule has 2 aromatic carbocycles.